The van der Waals surface area contributed by atoms with E-state index in [1.807, 2.05) is 12.1 Å². The van der Waals surface area contributed by atoms with Crippen LogP contribution in [0, 0.1) is 0 Å². The van der Waals surface area contributed by atoms with Crippen LogP contribution in [0.5, 0.6) is 5.75 Å². The monoisotopic (exact) mass is 466 g/mol. The number of piperazine rings is 1. The van der Waals surface area contributed by atoms with Gasteiger partial charge in [-0.25, -0.2) is 0 Å². The van der Waals surface area contributed by atoms with Gasteiger partial charge in [-0.15, -0.1) is 0 Å². The van der Waals surface area contributed by atoms with Crippen molar-refractivity contribution in [3.63, 3.8) is 0 Å². The molecule has 33 heavy (non-hydrogen) atoms. The Hall–Kier alpha value is -1.95. The van der Waals surface area contributed by atoms with E-state index in [9.17, 15) is 4.79 Å². The number of hydrogen-bond acceptors (Lipinski definition) is 4. The highest BCUT2D eigenvalue weighted by Gasteiger charge is 2.39. The van der Waals surface area contributed by atoms with E-state index in [4.69, 9.17) is 4.43 Å². The normalized spacial score (nSPS) is 21.6. The van der Waals surface area contributed by atoms with E-state index in [0.717, 1.165) is 24.4 Å². The van der Waals surface area contributed by atoms with Crippen molar-refractivity contribution in [2.75, 3.05) is 20.1 Å². The van der Waals surface area contributed by atoms with E-state index in [1.54, 1.807) is 6.92 Å². The highest BCUT2D eigenvalue weighted by Crippen LogP contribution is 2.39. The fraction of sp³-hybridized carbons (Fsp3) is 0.536. The van der Waals surface area contributed by atoms with Crippen molar-refractivity contribution in [3.05, 3.63) is 65.2 Å². The Balaban J connectivity index is 2.04. The van der Waals surface area contributed by atoms with E-state index in [1.165, 1.54) is 11.1 Å². The molecule has 0 spiro atoms. The first kappa shape index (κ1) is 25.7. The number of likely N-dealkylation sites (N-methyl/N-ethyl adjacent to an activating group) is 1. The van der Waals surface area contributed by atoms with Crippen LogP contribution in [0.3, 0.4) is 0 Å². The van der Waals surface area contributed by atoms with Gasteiger partial charge in [-0.3, -0.25) is 9.69 Å². The van der Waals surface area contributed by atoms with Gasteiger partial charge in [0.2, 0.25) is 8.32 Å². The highest BCUT2D eigenvalue weighted by atomic mass is 28.4. The third-order valence-corrected chi connectivity index (χ3v) is 12.0. The van der Waals surface area contributed by atoms with Crippen molar-refractivity contribution in [2.45, 2.75) is 77.8 Å². The predicted octanol–water partition coefficient (Wildman–Crippen LogP) is 6.39. The summed E-state index contributed by atoms with van der Waals surface area (Å²) in [5.41, 5.74) is 3.21. The third kappa shape index (κ3) is 5.76. The van der Waals surface area contributed by atoms with E-state index in [-0.39, 0.29) is 16.9 Å². The zero-order chi connectivity index (χ0) is 24.6. The first-order chi connectivity index (χ1) is 15.3. The molecule has 0 amide bonds. The Morgan fingerprint density at radius 1 is 1.00 bits per heavy atom. The van der Waals surface area contributed by atoms with Gasteiger partial charge in [-0.1, -0.05) is 57.2 Å². The lowest BCUT2D eigenvalue weighted by Gasteiger charge is -2.46. The molecular formula is C28H42N2O2Si. The SMILES string of the molecule is CC(=O)c1ccc([C@H](c2cccc(O[Si](C)(C)C(C)(C)C)c2)N2C[C@@H](C)N(C)C[C@@H]2C)cc1. The maximum Gasteiger partial charge on any atom is 0.250 e. The number of nitrogens with zero attached hydrogens (tertiary/aromatic N) is 2. The summed E-state index contributed by atoms with van der Waals surface area (Å²) in [5, 5.41) is 0.145. The number of rotatable bonds is 6. The Morgan fingerprint density at radius 3 is 2.21 bits per heavy atom. The molecule has 1 aliphatic heterocycles. The minimum Gasteiger partial charge on any atom is -0.543 e. The highest BCUT2D eigenvalue weighted by molar-refractivity contribution is 6.74. The summed E-state index contributed by atoms with van der Waals surface area (Å²) < 4.78 is 6.66. The first-order valence-corrected chi connectivity index (χ1v) is 15.1. The van der Waals surface area contributed by atoms with E-state index in [0.29, 0.717) is 12.1 Å². The molecule has 1 heterocycles. The summed E-state index contributed by atoms with van der Waals surface area (Å²) in [6, 6.07) is 17.8. The van der Waals surface area contributed by atoms with Crippen molar-refractivity contribution >= 4 is 14.1 Å². The van der Waals surface area contributed by atoms with Gasteiger partial charge in [0.25, 0.3) is 0 Å². The summed E-state index contributed by atoms with van der Waals surface area (Å²) in [6.07, 6.45) is 0. The molecule has 0 N–H and O–H groups in total. The Labute approximate surface area is 202 Å². The topological polar surface area (TPSA) is 32.8 Å². The summed E-state index contributed by atoms with van der Waals surface area (Å²) in [4.78, 5) is 16.9. The smallest absolute Gasteiger partial charge is 0.250 e. The van der Waals surface area contributed by atoms with Crippen LogP contribution in [-0.2, 0) is 0 Å². The molecule has 1 aliphatic rings. The van der Waals surface area contributed by atoms with Crippen molar-refractivity contribution in [3.8, 4) is 5.75 Å². The quantitative estimate of drug-likeness (QED) is 0.365. The van der Waals surface area contributed by atoms with Crippen LogP contribution < -0.4 is 4.43 Å². The molecule has 0 saturated carbocycles. The van der Waals surface area contributed by atoms with Gasteiger partial charge in [0.1, 0.15) is 5.75 Å². The number of ketones is 1. The van der Waals surface area contributed by atoms with Gasteiger partial charge >= 0.3 is 0 Å². The zero-order valence-corrected chi connectivity index (χ0v) is 23.0. The zero-order valence-electron chi connectivity index (χ0n) is 22.0. The maximum atomic E-state index is 11.9. The van der Waals surface area contributed by atoms with Crippen molar-refractivity contribution < 1.29 is 9.22 Å². The molecule has 0 radical (unpaired) electrons. The minimum atomic E-state index is -1.93. The number of carbonyl (C=O) groups is 1. The maximum absolute atomic E-state index is 11.9. The Bertz CT molecular complexity index is 965. The molecule has 2 aromatic carbocycles. The molecule has 3 atom stereocenters. The van der Waals surface area contributed by atoms with Crippen LogP contribution in [0.4, 0.5) is 0 Å². The number of benzene rings is 2. The van der Waals surface area contributed by atoms with Gasteiger partial charge in [-0.05, 0) is 69.2 Å². The van der Waals surface area contributed by atoms with E-state index in [2.05, 4.69) is 101 Å². The average molecular weight is 467 g/mol. The van der Waals surface area contributed by atoms with Gasteiger partial charge < -0.3 is 9.33 Å². The molecule has 5 heteroatoms. The summed E-state index contributed by atoms with van der Waals surface area (Å²) >= 11 is 0. The van der Waals surface area contributed by atoms with E-state index >= 15 is 0 Å². The summed E-state index contributed by atoms with van der Waals surface area (Å²) in [7, 11) is 0.277. The molecule has 2 aromatic rings. The molecule has 1 saturated heterocycles. The molecule has 1 fully saturated rings. The lowest BCUT2D eigenvalue weighted by atomic mass is 9.92. The van der Waals surface area contributed by atoms with Crippen molar-refractivity contribution in [1.29, 1.82) is 0 Å². The van der Waals surface area contributed by atoms with Crippen LogP contribution in [0.15, 0.2) is 48.5 Å². The molecule has 0 unspecified atom stereocenters. The van der Waals surface area contributed by atoms with E-state index < -0.39 is 8.32 Å². The predicted molar refractivity (Wildman–Crippen MR) is 141 cm³/mol. The molecule has 180 valence electrons. The van der Waals surface area contributed by atoms with Crippen LogP contribution in [0.1, 0.15) is 69.1 Å². The molecule has 4 nitrogen and oxygen atoms in total. The molecule has 3 rings (SSSR count). The fourth-order valence-electron chi connectivity index (χ4n) is 4.36. The van der Waals surface area contributed by atoms with Gasteiger partial charge in [0, 0.05) is 30.7 Å². The molecule has 0 bridgehead atoms. The van der Waals surface area contributed by atoms with Crippen LogP contribution in [0.25, 0.3) is 0 Å². The van der Waals surface area contributed by atoms with Crippen LogP contribution in [-0.4, -0.2) is 56.1 Å². The molecule has 0 aliphatic carbocycles. The number of hydrogen-bond donors (Lipinski definition) is 0. The van der Waals surface area contributed by atoms with Gasteiger partial charge in [0.05, 0.1) is 6.04 Å². The molecule has 0 aromatic heterocycles. The molecular weight excluding hydrogens is 424 g/mol. The Kier molecular flexibility index (Phi) is 7.57. The largest absolute Gasteiger partial charge is 0.543 e. The standard InChI is InChI=1S/C28H42N2O2Si/c1-20-19-30(21(2)18-29(20)7)27(24-15-13-23(14-16-24)22(3)31)25-11-10-12-26(17-25)32-33(8,9)28(4,5)6/h10-17,20-21,27H,18-19H2,1-9H3/t20-,21+,27-/m1/s1. The van der Waals surface area contributed by atoms with Crippen molar-refractivity contribution in [1.82, 2.24) is 9.80 Å². The summed E-state index contributed by atoms with van der Waals surface area (Å²) in [6.45, 7) is 19.7. The first-order valence-electron chi connectivity index (χ1n) is 12.2. The third-order valence-electron chi connectivity index (χ3n) is 7.66. The average Bonchev–Trinajstić information content (AvgIpc) is 2.71. The lowest BCUT2D eigenvalue weighted by Crippen LogP contribution is -2.55. The fourth-order valence-corrected chi connectivity index (χ4v) is 5.38. The van der Waals surface area contributed by atoms with Gasteiger partial charge in [0.15, 0.2) is 5.78 Å². The Morgan fingerprint density at radius 2 is 1.64 bits per heavy atom. The summed E-state index contributed by atoms with van der Waals surface area (Å²) in [5.74, 6) is 1.06. The number of Topliss-reactive ketones (excluding diaryl/α,β-unsaturated/α-hetero) is 1. The van der Waals surface area contributed by atoms with Crippen LogP contribution in [0.2, 0.25) is 18.1 Å². The van der Waals surface area contributed by atoms with Crippen LogP contribution >= 0.6 is 0 Å². The van der Waals surface area contributed by atoms with Crippen molar-refractivity contribution in [2.24, 2.45) is 0 Å². The number of carbonyl (C=O) groups excluding carboxylic acids is 1. The second-order valence-electron chi connectivity index (χ2n) is 11.4. The second-order valence-corrected chi connectivity index (χ2v) is 16.1. The lowest BCUT2D eigenvalue weighted by molar-refractivity contribution is 0.0389. The van der Waals surface area contributed by atoms with Gasteiger partial charge in [-0.2, -0.15) is 0 Å². The second kappa shape index (κ2) is 9.73. The minimum absolute atomic E-state index is 0.101.